The number of nitrogens with one attached hydrogen (secondary N) is 2. The minimum absolute atomic E-state index is 0. The molecule has 0 aromatic rings. The summed E-state index contributed by atoms with van der Waals surface area (Å²) in [4.78, 5) is 39.9. The molecule has 2 bridgehead atoms. The number of aliphatic carboxylic acids is 2. The molecule has 3 fully saturated rings. The molecule has 2 unspecified atom stereocenters. The SMILES string of the molecule is O.O.O=C(O)CN1CC[NH+](CC(=O)O)CCN2CC[NH+](CC1)CC2=O.[Cl-].[Cl-]. The van der Waals surface area contributed by atoms with Crippen molar-refractivity contribution in [3.8, 4) is 0 Å². The number of hydrogen-bond donors (Lipinski definition) is 4. The molecule has 3 aliphatic heterocycles. The molecule has 0 saturated carbocycles. The van der Waals surface area contributed by atoms with Gasteiger partial charge in [0.1, 0.15) is 0 Å². The van der Waals surface area contributed by atoms with E-state index in [0.717, 1.165) is 18.0 Å². The molecule has 3 saturated heterocycles. The Kier molecular flexibility index (Phi) is 16.7. The average Bonchev–Trinajstić information content (AvgIpc) is 2.46. The maximum Gasteiger partial charge on any atom is 0.359 e. The summed E-state index contributed by atoms with van der Waals surface area (Å²) in [6, 6.07) is 0. The van der Waals surface area contributed by atoms with E-state index in [2.05, 4.69) is 0 Å². The normalized spacial score (nSPS) is 23.3. The Labute approximate surface area is 170 Å². The fourth-order valence-electron chi connectivity index (χ4n) is 3.18. The first kappa shape index (κ1) is 30.5. The Bertz CT molecular complexity index is 473. The van der Waals surface area contributed by atoms with Crippen LogP contribution in [0.3, 0.4) is 0 Å². The largest absolute Gasteiger partial charge is 1.00 e. The van der Waals surface area contributed by atoms with Crippen LogP contribution in [0.1, 0.15) is 0 Å². The minimum atomic E-state index is -0.882. The summed E-state index contributed by atoms with van der Waals surface area (Å²) in [6.07, 6.45) is 0. The Hall–Kier alpha value is -1.21. The van der Waals surface area contributed by atoms with Crippen LogP contribution in [0.5, 0.6) is 0 Å². The maximum atomic E-state index is 12.2. The van der Waals surface area contributed by atoms with Gasteiger partial charge in [0.2, 0.25) is 0 Å². The zero-order valence-corrected chi connectivity index (χ0v) is 16.6. The van der Waals surface area contributed by atoms with Crippen LogP contribution >= 0.6 is 0 Å². The summed E-state index contributed by atoms with van der Waals surface area (Å²) in [5, 5.41) is 18.1. The number of nitrogens with zero attached hydrogens (tertiary/aromatic N) is 2. The van der Waals surface area contributed by atoms with E-state index >= 15 is 0 Å². The minimum Gasteiger partial charge on any atom is -1.00 e. The second kappa shape index (κ2) is 14.8. The van der Waals surface area contributed by atoms with Crippen LogP contribution in [0, 0.1) is 0 Å². The van der Waals surface area contributed by atoms with Gasteiger partial charge in [-0.25, -0.2) is 4.79 Å². The number of quaternary nitrogens is 2. The van der Waals surface area contributed by atoms with E-state index in [9.17, 15) is 14.4 Å². The lowest BCUT2D eigenvalue weighted by molar-refractivity contribution is -0.900. The molecule has 3 rings (SSSR count). The second-order valence-electron chi connectivity index (χ2n) is 6.30. The monoisotopic (exact) mass is 436 g/mol. The molecular formula is C14H30Cl2N4O7. The summed E-state index contributed by atoms with van der Waals surface area (Å²) in [5.41, 5.74) is 0. The highest BCUT2D eigenvalue weighted by molar-refractivity contribution is 5.77. The lowest BCUT2D eigenvalue weighted by atomic mass is 10.2. The third kappa shape index (κ3) is 10.6. The van der Waals surface area contributed by atoms with Crippen molar-refractivity contribution in [2.24, 2.45) is 0 Å². The van der Waals surface area contributed by atoms with Crippen LogP contribution in [-0.2, 0) is 14.4 Å². The molecule has 0 aromatic heterocycles. The number of hydrogen-bond acceptors (Lipinski definition) is 4. The van der Waals surface area contributed by atoms with Crippen LogP contribution in [0.25, 0.3) is 0 Å². The van der Waals surface area contributed by atoms with Crippen LogP contribution in [-0.4, -0.2) is 121 Å². The van der Waals surface area contributed by atoms with E-state index in [1.165, 1.54) is 4.90 Å². The summed E-state index contributed by atoms with van der Waals surface area (Å²) in [7, 11) is 0. The summed E-state index contributed by atoms with van der Waals surface area (Å²) in [6.45, 7) is 5.53. The quantitative estimate of drug-likeness (QED) is 0.340. The third-order valence-corrected chi connectivity index (χ3v) is 4.55. The Balaban J connectivity index is -0.00000144. The number of piperazine rings is 1. The maximum absolute atomic E-state index is 12.2. The molecular weight excluding hydrogens is 407 g/mol. The summed E-state index contributed by atoms with van der Waals surface area (Å²) < 4.78 is 0. The summed E-state index contributed by atoms with van der Waals surface area (Å²) in [5.74, 6) is -1.66. The zero-order valence-electron chi connectivity index (χ0n) is 15.0. The number of carboxylic acid groups (broad SMARTS) is 2. The number of carboxylic acids is 2. The highest BCUT2D eigenvalue weighted by atomic mass is 35.5. The molecule has 3 heterocycles. The third-order valence-electron chi connectivity index (χ3n) is 4.55. The first-order valence-corrected chi connectivity index (χ1v) is 8.05. The number of fused-ring (bicyclic) bond motifs is 9. The van der Waals surface area contributed by atoms with Crippen LogP contribution in [0.4, 0.5) is 0 Å². The second-order valence-corrected chi connectivity index (χ2v) is 6.30. The Morgan fingerprint density at radius 3 is 1.96 bits per heavy atom. The Morgan fingerprint density at radius 2 is 1.41 bits per heavy atom. The number of carbonyl (C=O) groups is 3. The predicted molar refractivity (Wildman–Crippen MR) is 86.6 cm³/mol. The predicted octanol–water partition coefficient (Wildman–Crippen LogP) is -12.6. The van der Waals surface area contributed by atoms with Gasteiger partial charge in [0.05, 0.1) is 45.8 Å². The van der Waals surface area contributed by atoms with Crippen molar-refractivity contribution in [3.63, 3.8) is 0 Å². The molecule has 0 aliphatic carbocycles. The molecule has 162 valence electrons. The van der Waals surface area contributed by atoms with Gasteiger partial charge in [-0.3, -0.25) is 14.5 Å². The summed E-state index contributed by atoms with van der Waals surface area (Å²) >= 11 is 0. The van der Waals surface area contributed by atoms with E-state index in [4.69, 9.17) is 10.2 Å². The fourth-order valence-corrected chi connectivity index (χ4v) is 3.18. The first-order valence-electron chi connectivity index (χ1n) is 8.05. The van der Waals surface area contributed by atoms with E-state index in [0.29, 0.717) is 45.8 Å². The number of amides is 1. The van der Waals surface area contributed by atoms with Crippen molar-refractivity contribution in [1.29, 1.82) is 0 Å². The van der Waals surface area contributed by atoms with E-state index < -0.39 is 11.9 Å². The zero-order chi connectivity index (χ0) is 16.8. The van der Waals surface area contributed by atoms with E-state index in [-0.39, 0.29) is 54.8 Å². The molecule has 0 radical (unpaired) electrons. The topological polar surface area (TPSA) is 170 Å². The first-order chi connectivity index (χ1) is 10.9. The van der Waals surface area contributed by atoms with Gasteiger partial charge in [-0.15, -0.1) is 0 Å². The van der Waals surface area contributed by atoms with Crippen molar-refractivity contribution in [2.75, 3.05) is 72.0 Å². The number of rotatable bonds is 4. The van der Waals surface area contributed by atoms with Crippen molar-refractivity contribution in [2.45, 2.75) is 0 Å². The van der Waals surface area contributed by atoms with Gasteiger partial charge in [0, 0.05) is 13.1 Å². The van der Waals surface area contributed by atoms with E-state index in [1.54, 1.807) is 0 Å². The fraction of sp³-hybridized carbons (Fsp3) is 0.786. The molecule has 1 amide bonds. The molecule has 8 N–H and O–H groups in total. The Morgan fingerprint density at radius 1 is 0.889 bits per heavy atom. The lowest BCUT2D eigenvalue weighted by Gasteiger charge is -2.34. The standard InChI is InChI=1S/C14H24N4O5.2ClH.2H2O/c19-12-9-15-1-2-16(10-13(20)21)3-4-17(11-14(22)23)6-8-18(12)7-5-15;;;;/h1-11H2,(H,20,21)(H,22,23);2*1H;2*1H2. The molecule has 11 nitrogen and oxygen atoms in total. The molecule has 13 heteroatoms. The molecule has 27 heavy (non-hydrogen) atoms. The van der Waals surface area contributed by atoms with Gasteiger partial charge in [-0.1, -0.05) is 0 Å². The number of carbonyl (C=O) groups excluding carboxylic acids is 1. The van der Waals surface area contributed by atoms with Gasteiger partial charge >= 0.3 is 11.9 Å². The average molecular weight is 437 g/mol. The van der Waals surface area contributed by atoms with Crippen molar-refractivity contribution >= 4 is 17.8 Å². The van der Waals surface area contributed by atoms with Crippen LogP contribution in [0.2, 0.25) is 0 Å². The molecule has 0 spiro atoms. The molecule has 3 aliphatic rings. The van der Waals surface area contributed by atoms with Gasteiger partial charge in [-0.2, -0.15) is 0 Å². The van der Waals surface area contributed by atoms with Crippen molar-refractivity contribution in [1.82, 2.24) is 9.80 Å². The van der Waals surface area contributed by atoms with Gasteiger partial charge in [-0.05, 0) is 0 Å². The molecule has 0 aromatic carbocycles. The lowest BCUT2D eigenvalue weighted by Crippen LogP contribution is -3.17. The highest BCUT2D eigenvalue weighted by Crippen LogP contribution is 1.92. The van der Waals surface area contributed by atoms with E-state index in [1.807, 2.05) is 9.80 Å². The van der Waals surface area contributed by atoms with Crippen molar-refractivity contribution in [3.05, 3.63) is 0 Å². The number of halogens is 2. The molecule has 2 atom stereocenters. The smallest absolute Gasteiger partial charge is 0.359 e. The highest BCUT2D eigenvalue weighted by Gasteiger charge is 2.29. The van der Waals surface area contributed by atoms with Gasteiger partial charge in [0.25, 0.3) is 5.91 Å². The van der Waals surface area contributed by atoms with Crippen LogP contribution < -0.4 is 34.6 Å². The van der Waals surface area contributed by atoms with Crippen LogP contribution in [0.15, 0.2) is 0 Å². The van der Waals surface area contributed by atoms with Gasteiger partial charge < -0.3 is 60.7 Å². The van der Waals surface area contributed by atoms with Gasteiger partial charge in [0.15, 0.2) is 13.1 Å². The van der Waals surface area contributed by atoms with Crippen molar-refractivity contribution < 1.29 is 70.2 Å².